The Morgan fingerprint density at radius 2 is 1.77 bits per heavy atom. The topological polar surface area (TPSA) is 75.6 Å². The molecule has 0 aliphatic heterocycles. The second-order valence-electron chi connectivity index (χ2n) is 5.31. The molecule has 0 unspecified atom stereocenters. The molecule has 0 saturated carbocycles. The minimum absolute atomic E-state index is 0.0350. The van der Waals surface area contributed by atoms with Gasteiger partial charge in [-0.25, -0.2) is 0 Å². The number of carboxylic acids is 1. The van der Waals surface area contributed by atoms with E-state index in [0.717, 1.165) is 0 Å². The van der Waals surface area contributed by atoms with Crippen molar-refractivity contribution in [2.24, 2.45) is 0 Å². The minimum atomic E-state index is -0.916. The Bertz CT molecular complexity index is 575. The number of halogens is 3. The first-order valence-corrected chi connectivity index (χ1v) is 7.54. The predicted octanol–water partition coefficient (Wildman–Crippen LogP) is 3.79. The van der Waals surface area contributed by atoms with Crippen LogP contribution in [0.1, 0.15) is 26.7 Å². The first kappa shape index (κ1) is 18.9. The molecule has 0 radical (unpaired) electrons. The molecule has 1 amide bonds. The lowest BCUT2D eigenvalue weighted by atomic mass is 9.98. The van der Waals surface area contributed by atoms with E-state index in [1.54, 1.807) is 13.8 Å². The van der Waals surface area contributed by atoms with Gasteiger partial charge in [-0.3, -0.25) is 9.59 Å². The van der Waals surface area contributed by atoms with Crippen LogP contribution in [-0.2, 0) is 9.59 Å². The Morgan fingerprint density at radius 3 is 2.36 bits per heavy atom. The van der Waals surface area contributed by atoms with Gasteiger partial charge in [0.05, 0.1) is 15.1 Å². The van der Waals surface area contributed by atoms with E-state index in [-0.39, 0.29) is 28.8 Å². The molecule has 1 rings (SSSR count). The van der Waals surface area contributed by atoms with Gasteiger partial charge in [-0.05, 0) is 26.3 Å². The summed E-state index contributed by atoms with van der Waals surface area (Å²) < 4.78 is 5.30. The van der Waals surface area contributed by atoms with Crippen molar-refractivity contribution < 1.29 is 19.4 Å². The summed E-state index contributed by atoms with van der Waals surface area (Å²) in [7, 11) is 0. The molecule has 2 N–H and O–H groups in total. The highest BCUT2D eigenvalue weighted by atomic mass is 35.5. The van der Waals surface area contributed by atoms with Crippen LogP contribution in [0, 0.1) is 0 Å². The van der Waals surface area contributed by atoms with Crippen LogP contribution >= 0.6 is 34.8 Å². The number of ether oxygens (including phenoxy) is 1. The first-order valence-electron chi connectivity index (χ1n) is 6.41. The van der Waals surface area contributed by atoms with E-state index in [9.17, 15) is 9.59 Å². The smallest absolute Gasteiger partial charge is 0.303 e. The molecule has 1 aromatic carbocycles. The molecule has 122 valence electrons. The summed E-state index contributed by atoms with van der Waals surface area (Å²) in [6.45, 7) is 3.20. The first-order chi connectivity index (χ1) is 10.1. The van der Waals surface area contributed by atoms with E-state index < -0.39 is 17.4 Å². The predicted molar refractivity (Wildman–Crippen MR) is 86.1 cm³/mol. The molecular formula is C14H16Cl3NO4. The zero-order valence-corrected chi connectivity index (χ0v) is 14.3. The summed E-state index contributed by atoms with van der Waals surface area (Å²) in [6.07, 6.45) is 0.272. The maximum atomic E-state index is 11.9. The Balaban J connectivity index is 2.56. The number of carbonyl (C=O) groups is 2. The third-order valence-electron chi connectivity index (χ3n) is 2.78. The van der Waals surface area contributed by atoms with Crippen molar-refractivity contribution in [3.8, 4) is 5.75 Å². The Kier molecular flexibility index (Phi) is 6.78. The largest absolute Gasteiger partial charge is 0.482 e. The lowest BCUT2D eigenvalue weighted by molar-refractivity contribution is -0.138. The molecule has 0 aromatic heterocycles. The van der Waals surface area contributed by atoms with Crippen molar-refractivity contribution >= 4 is 46.7 Å². The summed E-state index contributed by atoms with van der Waals surface area (Å²) in [5.74, 6) is -1.06. The van der Waals surface area contributed by atoms with Crippen molar-refractivity contribution in [2.45, 2.75) is 32.2 Å². The van der Waals surface area contributed by atoms with Crippen LogP contribution in [0.2, 0.25) is 15.1 Å². The van der Waals surface area contributed by atoms with Gasteiger partial charge in [-0.15, -0.1) is 0 Å². The molecule has 0 aliphatic carbocycles. The highest BCUT2D eigenvalue weighted by Crippen LogP contribution is 2.33. The van der Waals surface area contributed by atoms with Gasteiger partial charge in [0.2, 0.25) is 0 Å². The Hall–Kier alpha value is -1.17. The van der Waals surface area contributed by atoms with Crippen LogP contribution in [0.15, 0.2) is 12.1 Å². The number of hydrogen-bond acceptors (Lipinski definition) is 3. The average Bonchev–Trinajstić information content (AvgIpc) is 2.39. The fourth-order valence-corrected chi connectivity index (χ4v) is 2.25. The molecule has 22 heavy (non-hydrogen) atoms. The third kappa shape index (κ3) is 6.30. The fourth-order valence-electron chi connectivity index (χ4n) is 1.65. The zero-order chi connectivity index (χ0) is 16.9. The van der Waals surface area contributed by atoms with Crippen molar-refractivity contribution in [3.05, 3.63) is 27.2 Å². The van der Waals surface area contributed by atoms with Gasteiger partial charge in [-0.1, -0.05) is 34.8 Å². The van der Waals surface area contributed by atoms with Crippen LogP contribution in [0.4, 0.5) is 0 Å². The highest BCUT2D eigenvalue weighted by molar-refractivity contribution is 6.43. The maximum absolute atomic E-state index is 11.9. The van der Waals surface area contributed by atoms with Crippen LogP contribution in [-0.4, -0.2) is 29.1 Å². The van der Waals surface area contributed by atoms with Crippen LogP contribution in [0.5, 0.6) is 5.75 Å². The number of carbonyl (C=O) groups excluding carboxylic acids is 1. The molecule has 5 nitrogen and oxygen atoms in total. The number of carboxylic acid groups (broad SMARTS) is 1. The number of hydrogen-bond donors (Lipinski definition) is 2. The van der Waals surface area contributed by atoms with Gasteiger partial charge in [0, 0.05) is 18.0 Å². The van der Waals surface area contributed by atoms with Crippen molar-refractivity contribution in [2.75, 3.05) is 6.61 Å². The van der Waals surface area contributed by atoms with Gasteiger partial charge >= 0.3 is 5.97 Å². The second-order valence-corrected chi connectivity index (χ2v) is 6.53. The second kappa shape index (κ2) is 7.90. The molecule has 0 spiro atoms. The fraction of sp³-hybridized carbons (Fsp3) is 0.429. The average molecular weight is 369 g/mol. The molecule has 8 heteroatoms. The highest BCUT2D eigenvalue weighted by Gasteiger charge is 2.22. The normalized spacial score (nSPS) is 11.1. The quantitative estimate of drug-likeness (QED) is 0.718. The summed E-state index contributed by atoms with van der Waals surface area (Å²) in [4.78, 5) is 22.4. The van der Waals surface area contributed by atoms with Gasteiger partial charge in [0.1, 0.15) is 5.75 Å². The van der Waals surface area contributed by atoms with E-state index in [0.29, 0.717) is 11.4 Å². The lowest BCUT2D eigenvalue weighted by Gasteiger charge is -2.25. The van der Waals surface area contributed by atoms with Crippen molar-refractivity contribution in [1.29, 1.82) is 0 Å². The lowest BCUT2D eigenvalue weighted by Crippen LogP contribution is -2.45. The van der Waals surface area contributed by atoms with Crippen LogP contribution < -0.4 is 10.1 Å². The summed E-state index contributed by atoms with van der Waals surface area (Å²) in [5, 5.41) is 12.2. The van der Waals surface area contributed by atoms with Crippen LogP contribution in [0.3, 0.4) is 0 Å². The summed E-state index contributed by atoms with van der Waals surface area (Å²) in [5.41, 5.74) is -0.653. The number of rotatable bonds is 7. The van der Waals surface area contributed by atoms with E-state index >= 15 is 0 Å². The van der Waals surface area contributed by atoms with Gasteiger partial charge in [-0.2, -0.15) is 0 Å². The van der Waals surface area contributed by atoms with E-state index in [2.05, 4.69) is 5.32 Å². The zero-order valence-electron chi connectivity index (χ0n) is 12.1. The van der Waals surface area contributed by atoms with Crippen LogP contribution in [0.25, 0.3) is 0 Å². The van der Waals surface area contributed by atoms with Gasteiger partial charge in [0.15, 0.2) is 6.61 Å². The molecule has 0 heterocycles. The van der Waals surface area contributed by atoms with Crippen molar-refractivity contribution in [3.63, 3.8) is 0 Å². The van der Waals surface area contributed by atoms with Crippen molar-refractivity contribution in [1.82, 2.24) is 5.32 Å². The standard InChI is InChI=1S/C14H16Cl3NO4/c1-14(2,4-3-13(20)21)18-12(19)7-22-11-6-9(16)8(15)5-10(11)17/h5-6H,3-4,7H2,1-2H3,(H,18,19)(H,20,21). The maximum Gasteiger partial charge on any atom is 0.303 e. The van der Waals surface area contributed by atoms with Gasteiger partial charge in [0.25, 0.3) is 5.91 Å². The third-order valence-corrected chi connectivity index (χ3v) is 3.79. The molecule has 0 fully saturated rings. The molecule has 0 bridgehead atoms. The molecule has 0 atom stereocenters. The van der Waals surface area contributed by atoms with E-state index in [1.165, 1.54) is 12.1 Å². The molecule has 1 aromatic rings. The van der Waals surface area contributed by atoms with E-state index in [4.69, 9.17) is 44.6 Å². The molecule has 0 saturated heterocycles. The number of benzene rings is 1. The summed E-state index contributed by atoms with van der Waals surface area (Å²) in [6, 6.07) is 2.85. The summed E-state index contributed by atoms with van der Waals surface area (Å²) >= 11 is 17.6. The van der Waals surface area contributed by atoms with E-state index in [1.807, 2.05) is 0 Å². The minimum Gasteiger partial charge on any atom is -0.482 e. The monoisotopic (exact) mass is 367 g/mol. The Labute approximate surface area is 143 Å². The Morgan fingerprint density at radius 1 is 1.18 bits per heavy atom. The van der Waals surface area contributed by atoms with Gasteiger partial charge < -0.3 is 15.2 Å². The number of nitrogens with one attached hydrogen (secondary N) is 1. The SMILES string of the molecule is CC(C)(CCC(=O)O)NC(=O)COc1cc(Cl)c(Cl)cc1Cl. The number of amides is 1. The molecule has 0 aliphatic rings. The number of aliphatic carboxylic acids is 1. The molecular weight excluding hydrogens is 353 g/mol.